The third-order valence-corrected chi connectivity index (χ3v) is 2.89. The molecule has 0 saturated carbocycles. The number of nitrogens with one attached hydrogen (secondary N) is 2. The molecule has 20 heavy (non-hydrogen) atoms. The van der Waals surface area contributed by atoms with Crippen LogP contribution in [0, 0.1) is 0 Å². The Morgan fingerprint density at radius 1 is 1.10 bits per heavy atom. The minimum absolute atomic E-state index is 0.100. The standard InChI is InChI=1S/C16H18N2O2/c1-17-11-12-5-7-14(8-6-12)18-16(20)10-13-3-2-4-15(19)9-13/h2-9,17,19H,10-11H2,1H3,(H,18,20). The van der Waals surface area contributed by atoms with Crippen LogP contribution in [0.3, 0.4) is 0 Å². The van der Waals surface area contributed by atoms with Crippen LogP contribution in [0.1, 0.15) is 11.1 Å². The van der Waals surface area contributed by atoms with Gasteiger partial charge < -0.3 is 15.7 Å². The Morgan fingerprint density at radius 3 is 2.50 bits per heavy atom. The molecule has 0 aliphatic rings. The molecule has 0 aliphatic carbocycles. The third kappa shape index (κ3) is 4.10. The van der Waals surface area contributed by atoms with Crippen molar-refractivity contribution in [3.63, 3.8) is 0 Å². The van der Waals surface area contributed by atoms with Crippen molar-refractivity contribution in [2.24, 2.45) is 0 Å². The highest BCUT2D eigenvalue weighted by molar-refractivity contribution is 5.92. The molecule has 0 spiro atoms. The first-order valence-corrected chi connectivity index (χ1v) is 6.48. The number of carbonyl (C=O) groups is 1. The number of amides is 1. The van der Waals surface area contributed by atoms with Crippen molar-refractivity contribution in [2.75, 3.05) is 12.4 Å². The lowest BCUT2D eigenvalue weighted by molar-refractivity contribution is -0.115. The maximum absolute atomic E-state index is 11.9. The summed E-state index contributed by atoms with van der Waals surface area (Å²) in [6.07, 6.45) is 0.243. The van der Waals surface area contributed by atoms with Gasteiger partial charge in [0.1, 0.15) is 5.75 Å². The van der Waals surface area contributed by atoms with Crippen LogP contribution in [-0.4, -0.2) is 18.1 Å². The van der Waals surface area contributed by atoms with Crippen LogP contribution in [0.25, 0.3) is 0 Å². The van der Waals surface area contributed by atoms with Gasteiger partial charge in [0.05, 0.1) is 6.42 Å². The summed E-state index contributed by atoms with van der Waals surface area (Å²) in [4.78, 5) is 11.9. The SMILES string of the molecule is CNCc1ccc(NC(=O)Cc2cccc(O)c2)cc1. The molecule has 0 atom stereocenters. The zero-order valence-electron chi connectivity index (χ0n) is 11.4. The highest BCUT2D eigenvalue weighted by Gasteiger charge is 2.04. The van der Waals surface area contributed by atoms with Gasteiger partial charge in [0, 0.05) is 12.2 Å². The highest BCUT2D eigenvalue weighted by atomic mass is 16.3. The molecule has 0 saturated heterocycles. The second-order valence-electron chi connectivity index (χ2n) is 4.62. The van der Waals surface area contributed by atoms with Gasteiger partial charge in [0.2, 0.25) is 5.91 Å². The molecule has 0 heterocycles. The monoisotopic (exact) mass is 270 g/mol. The largest absolute Gasteiger partial charge is 0.508 e. The predicted molar refractivity (Wildman–Crippen MR) is 79.6 cm³/mol. The van der Waals surface area contributed by atoms with Crippen molar-refractivity contribution in [3.8, 4) is 5.75 Å². The molecule has 4 nitrogen and oxygen atoms in total. The van der Waals surface area contributed by atoms with Crippen LogP contribution in [0.2, 0.25) is 0 Å². The zero-order valence-corrected chi connectivity index (χ0v) is 11.4. The summed E-state index contributed by atoms with van der Waals surface area (Å²) in [7, 11) is 1.89. The third-order valence-electron chi connectivity index (χ3n) is 2.89. The molecule has 4 heteroatoms. The van der Waals surface area contributed by atoms with Crippen molar-refractivity contribution in [3.05, 3.63) is 59.7 Å². The zero-order chi connectivity index (χ0) is 14.4. The molecule has 0 unspecified atom stereocenters. The second kappa shape index (κ2) is 6.73. The molecule has 104 valence electrons. The molecule has 3 N–H and O–H groups in total. The average molecular weight is 270 g/mol. The summed E-state index contributed by atoms with van der Waals surface area (Å²) in [6.45, 7) is 0.803. The molecule has 0 radical (unpaired) electrons. The van der Waals surface area contributed by atoms with E-state index in [4.69, 9.17) is 0 Å². The molecular formula is C16H18N2O2. The van der Waals surface area contributed by atoms with E-state index in [-0.39, 0.29) is 18.1 Å². The molecule has 0 aliphatic heterocycles. The number of aromatic hydroxyl groups is 1. The quantitative estimate of drug-likeness (QED) is 0.781. The lowest BCUT2D eigenvalue weighted by Crippen LogP contribution is -2.14. The Hall–Kier alpha value is -2.33. The van der Waals surface area contributed by atoms with E-state index < -0.39 is 0 Å². The number of rotatable bonds is 5. The lowest BCUT2D eigenvalue weighted by atomic mass is 10.1. The molecule has 1 amide bonds. The maximum atomic E-state index is 11.9. The van der Waals surface area contributed by atoms with Gasteiger partial charge in [-0.15, -0.1) is 0 Å². The van der Waals surface area contributed by atoms with Gasteiger partial charge >= 0.3 is 0 Å². The minimum Gasteiger partial charge on any atom is -0.508 e. The molecule has 2 rings (SSSR count). The molecule has 0 aromatic heterocycles. The van der Waals surface area contributed by atoms with Crippen LogP contribution < -0.4 is 10.6 Å². The first kappa shape index (κ1) is 14.1. The van der Waals surface area contributed by atoms with Gasteiger partial charge in [0.15, 0.2) is 0 Å². The fourth-order valence-corrected chi connectivity index (χ4v) is 1.97. The Bertz CT molecular complexity index is 579. The smallest absolute Gasteiger partial charge is 0.228 e. The van der Waals surface area contributed by atoms with Crippen LogP contribution in [0.4, 0.5) is 5.69 Å². The minimum atomic E-state index is -0.100. The Morgan fingerprint density at radius 2 is 1.85 bits per heavy atom. The molecule has 2 aromatic rings. The van der Waals surface area contributed by atoms with Crippen molar-refractivity contribution < 1.29 is 9.90 Å². The number of benzene rings is 2. The lowest BCUT2D eigenvalue weighted by Gasteiger charge is -2.07. The van der Waals surface area contributed by atoms with Crippen LogP contribution in [0.15, 0.2) is 48.5 Å². The van der Waals surface area contributed by atoms with Crippen molar-refractivity contribution >= 4 is 11.6 Å². The van der Waals surface area contributed by atoms with Crippen molar-refractivity contribution in [1.82, 2.24) is 5.32 Å². The van der Waals surface area contributed by atoms with E-state index in [9.17, 15) is 9.90 Å². The first-order valence-electron chi connectivity index (χ1n) is 6.48. The first-order chi connectivity index (χ1) is 9.67. The summed E-state index contributed by atoms with van der Waals surface area (Å²) in [6, 6.07) is 14.4. The average Bonchev–Trinajstić information content (AvgIpc) is 2.41. The number of hydrogen-bond donors (Lipinski definition) is 3. The number of anilines is 1. The fraction of sp³-hybridized carbons (Fsp3) is 0.188. The van der Waals surface area contributed by atoms with E-state index >= 15 is 0 Å². The van der Waals surface area contributed by atoms with E-state index in [1.165, 1.54) is 5.56 Å². The normalized spacial score (nSPS) is 10.2. The van der Waals surface area contributed by atoms with Crippen molar-refractivity contribution in [2.45, 2.75) is 13.0 Å². The summed E-state index contributed by atoms with van der Waals surface area (Å²) >= 11 is 0. The van der Waals surface area contributed by atoms with Crippen LogP contribution >= 0.6 is 0 Å². The highest BCUT2D eigenvalue weighted by Crippen LogP contribution is 2.13. The number of phenols is 1. The Labute approximate surface area is 118 Å². The van der Waals surface area contributed by atoms with Gasteiger partial charge in [-0.2, -0.15) is 0 Å². The molecule has 0 bridgehead atoms. The van der Waals surface area contributed by atoms with Gasteiger partial charge in [-0.05, 0) is 42.4 Å². The van der Waals surface area contributed by atoms with Gasteiger partial charge in [-0.3, -0.25) is 4.79 Å². The van der Waals surface area contributed by atoms with E-state index in [2.05, 4.69) is 10.6 Å². The number of carbonyl (C=O) groups excluding carboxylic acids is 1. The topological polar surface area (TPSA) is 61.4 Å². The van der Waals surface area contributed by atoms with Crippen LogP contribution in [-0.2, 0) is 17.8 Å². The van der Waals surface area contributed by atoms with E-state index in [0.717, 1.165) is 17.8 Å². The Balaban J connectivity index is 1.94. The van der Waals surface area contributed by atoms with Crippen LogP contribution in [0.5, 0.6) is 5.75 Å². The summed E-state index contributed by atoms with van der Waals surface area (Å²) < 4.78 is 0. The number of phenolic OH excluding ortho intramolecular Hbond substituents is 1. The van der Waals surface area contributed by atoms with Gasteiger partial charge in [-0.25, -0.2) is 0 Å². The maximum Gasteiger partial charge on any atom is 0.228 e. The van der Waals surface area contributed by atoms with E-state index in [1.807, 2.05) is 37.4 Å². The predicted octanol–water partition coefficient (Wildman–Crippen LogP) is 2.29. The van der Waals surface area contributed by atoms with E-state index in [0.29, 0.717) is 0 Å². The fourth-order valence-electron chi connectivity index (χ4n) is 1.97. The molecular weight excluding hydrogens is 252 g/mol. The van der Waals surface area contributed by atoms with E-state index in [1.54, 1.807) is 18.2 Å². The summed E-state index contributed by atoms with van der Waals surface area (Å²) in [5, 5.41) is 15.3. The molecule has 0 fully saturated rings. The summed E-state index contributed by atoms with van der Waals surface area (Å²) in [5.74, 6) is 0.0729. The number of hydrogen-bond acceptors (Lipinski definition) is 3. The van der Waals surface area contributed by atoms with Gasteiger partial charge in [0.25, 0.3) is 0 Å². The second-order valence-corrected chi connectivity index (χ2v) is 4.62. The van der Waals surface area contributed by atoms with Gasteiger partial charge in [-0.1, -0.05) is 24.3 Å². The Kier molecular flexibility index (Phi) is 4.74. The van der Waals surface area contributed by atoms with Crippen molar-refractivity contribution in [1.29, 1.82) is 0 Å². The summed E-state index contributed by atoms with van der Waals surface area (Å²) in [5.41, 5.74) is 2.72. The molecule has 2 aromatic carbocycles.